The number of likely N-dealkylation sites (tertiary alicyclic amines) is 1. The van der Waals surface area contributed by atoms with Crippen molar-refractivity contribution in [2.75, 3.05) is 25.0 Å². The third-order valence-corrected chi connectivity index (χ3v) is 5.00. The van der Waals surface area contributed by atoms with Crippen molar-refractivity contribution < 1.29 is 9.59 Å². The fourth-order valence-electron chi connectivity index (χ4n) is 3.43. The Morgan fingerprint density at radius 1 is 1.21 bits per heavy atom. The van der Waals surface area contributed by atoms with Crippen LogP contribution in [-0.2, 0) is 9.59 Å². The Bertz CT molecular complexity index is 598. The molecule has 0 bridgehead atoms. The van der Waals surface area contributed by atoms with Crippen LogP contribution in [0.3, 0.4) is 0 Å². The Morgan fingerprint density at radius 2 is 2.04 bits per heavy atom. The van der Waals surface area contributed by atoms with E-state index in [-0.39, 0.29) is 23.8 Å². The third-order valence-electron chi connectivity index (χ3n) is 5.00. The second kappa shape index (κ2) is 7.79. The SMILES string of the molecule is Cc1cccc(NC(=O)CN2CCCC(NC(=O)C3CCC3)C2)c1. The first-order chi connectivity index (χ1) is 11.6. The van der Waals surface area contributed by atoms with E-state index in [1.54, 1.807) is 0 Å². The Morgan fingerprint density at radius 3 is 2.75 bits per heavy atom. The van der Waals surface area contributed by atoms with Crippen LogP contribution in [0.15, 0.2) is 24.3 Å². The molecule has 0 spiro atoms. The predicted molar refractivity (Wildman–Crippen MR) is 94.8 cm³/mol. The van der Waals surface area contributed by atoms with Crippen molar-refractivity contribution in [2.24, 2.45) is 5.92 Å². The molecule has 24 heavy (non-hydrogen) atoms. The fourth-order valence-corrected chi connectivity index (χ4v) is 3.43. The summed E-state index contributed by atoms with van der Waals surface area (Å²) in [6.45, 7) is 4.07. The third kappa shape index (κ3) is 4.57. The van der Waals surface area contributed by atoms with Gasteiger partial charge in [-0.05, 0) is 56.8 Å². The second-order valence-corrected chi connectivity index (χ2v) is 7.13. The van der Waals surface area contributed by atoms with Gasteiger partial charge in [0, 0.05) is 24.2 Å². The molecule has 1 saturated carbocycles. The van der Waals surface area contributed by atoms with Crippen molar-refractivity contribution in [3.05, 3.63) is 29.8 Å². The zero-order valence-corrected chi connectivity index (χ0v) is 14.4. The van der Waals surface area contributed by atoms with Gasteiger partial charge in [0.1, 0.15) is 0 Å². The summed E-state index contributed by atoms with van der Waals surface area (Å²) < 4.78 is 0. The van der Waals surface area contributed by atoms with E-state index in [1.807, 2.05) is 31.2 Å². The lowest BCUT2D eigenvalue weighted by Gasteiger charge is -2.34. The van der Waals surface area contributed by atoms with Crippen LogP contribution < -0.4 is 10.6 Å². The van der Waals surface area contributed by atoms with E-state index in [4.69, 9.17) is 0 Å². The Kier molecular flexibility index (Phi) is 5.51. The lowest BCUT2D eigenvalue weighted by atomic mass is 9.84. The Hall–Kier alpha value is -1.88. The Labute approximate surface area is 143 Å². The first-order valence-electron chi connectivity index (χ1n) is 8.99. The van der Waals surface area contributed by atoms with Gasteiger partial charge in [0.25, 0.3) is 0 Å². The number of anilines is 1. The van der Waals surface area contributed by atoms with Gasteiger partial charge in [0.2, 0.25) is 11.8 Å². The van der Waals surface area contributed by atoms with Crippen LogP contribution in [0.4, 0.5) is 5.69 Å². The van der Waals surface area contributed by atoms with Crippen molar-refractivity contribution in [3.8, 4) is 0 Å². The molecule has 5 nitrogen and oxygen atoms in total. The van der Waals surface area contributed by atoms with Crippen molar-refractivity contribution in [1.29, 1.82) is 0 Å². The summed E-state index contributed by atoms with van der Waals surface area (Å²) in [7, 11) is 0. The van der Waals surface area contributed by atoms with Gasteiger partial charge in [-0.1, -0.05) is 18.6 Å². The van der Waals surface area contributed by atoms with E-state index in [9.17, 15) is 9.59 Å². The van der Waals surface area contributed by atoms with E-state index in [2.05, 4.69) is 15.5 Å². The number of rotatable bonds is 5. The van der Waals surface area contributed by atoms with Crippen LogP contribution in [-0.4, -0.2) is 42.4 Å². The molecule has 2 aliphatic rings. The number of aryl methyl sites for hydroxylation is 1. The van der Waals surface area contributed by atoms with Gasteiger partial charge >= 0.3 is 0 Å². The predicted octanol–water partition coefficient (Wildman–Crippen LogP) is 2.31. The number of nitrogens with zero attached hydrogens (tertiary/aromatic N) is 1. The molecule has 0 radical (unpaired) electrons. The number of carbonyl (C=O) groups excluding carboxylic acids is 2. The van der Waals surface area contributed by atoms with E-state index in [1.165, 1.54) is 6.42 Å². The molecule has 1 atom stereocenters. The first kappa shape index (κ1) is 17.0. The van der Waals surface area contributed by atoms with Crippen molar-refractivity contribution in [3.63, 3.8) is 0 Å². The largest absolute Gasteiger partial charge is 0.352 e. The van der Waals surface area contributed by atoms with Crippen LogP contribution in [0, 0.1) is 12.8 Å². The quantitative estimate of drug-likeness (QED) is 0.871. The minimum Gasteiger partial charge on any atom is -0.352 e. The maximum absolute atomic E-state index is 12.2. The van der Waals surface area contributed by atoms with Gasteiger partial charge in [-0.3, -0.25) is 14.5 Å². The van der Waals surface area contributed by atoms with Crippen molar-refractivity contribution in [1.82, 2.24) is 10.2 Å². The molecule has 3 rings (SSSR count). The maximum Gasteiger partial charge on any atom is 0.238 e. The van der Waals surface area contributed by atoms with Gasteiger partial charge in [-0.2, -0.15) is 0 Å². The summed E-state index contributed by atoms with van der Waals surface area (Å²) in [6.07, 6.45) is 5.26. The lowest BCUT2D eigenvalue weighted by molar-refractivity contribution is -0.128. The van der Waals surface area contributed by atoms with Crippen molar-refractivity contribution >= 4 is 17.5 Å². The number of hydrogen-bond acceptors (Lipinski definition) is 3. The smallest absolute Gasteiger partial charge is 0.238 e. The van der Waals surface area contributed by atoms with Crippen LogP contribution in [0.1, 0.15) is 37.7 Å². The number of piperidine rings is 1. The van der Waals surface area contributed by atoms with E-state index in [0.29, 0.717) is 6.54 Å². The minimum absolute atomic E-state index is 0.00608. The molecule has 1 aromatic carbocycles. The zero-order valence-electron chi connectivity index (χ0n) is 14.4. The van der Waals surface area contributed by atoms with Crippen LogP contribution in [0.2, 0.25) is 0 Å². The highest BCUT2D eigenvalue weighted by Gasteiger charge is 2.29. The van der Waals surface area contributed by atoms with Gasteiger partial charge in [0.05, 0.1) is 6.54 Å². The highest BCUT2D eigenvalue weighted by atomic mass is 16.2. The number of benzene rings is 1. The van der Waals surface area contributed by atoms with E-state index >= 15 is 0 Å². The highest BCUT2D eigenvalue weighted by Crippen LogP contribution is 2.26. The molecule has 1 aliphatic heterocycles. The number of nitrogens with one attached hydrogen (secondary N) is 2. The molecule has 0 aromatic heterocycles. The average molecular weight is 329 g/mol. The fraction of sp³-hybridized carbons (Fsp3) is 0.579. The van der Waals surface area contributed by atoms with Crippen molar-refractivity contribution in [2.45, 2.75) is 45.1 Å². The normalized spacial score (nSPS) is 21.8. The Balaban J connectivity index is 1.45. The summed E-state index contributed by atoms with van der Waals surface area (Å²) in [6, 6.07) is 8.00. The lowest BCUT2D eigenvalue weighted by Crippen LogP contribution is -2.51. The van der Waals surface area contributed by atoms with Gasteiger partial charge in [-0.25, -0.2) is 0 Å². The van der Waals surface area contributed by atoms with Gasteiger partial charge in [-0.15, -0.1) is 0 Å². The summed E-state index contributed by atoms with van der Waals surface area (Å²) in [5.41, 5.74) is 1.97. The molecule has 1 unspecified atom stereocenters. The van der Waals surface area contributed by atoms with E-state index < -0.39 is 0 Å². The molecular weight excluding hydrogens is 302 g/mol. The number of hydrogen-bond donors (Lipinski definition) is 2. The number of carbonyl (C=O) groups is 2. The zero-order chi connectivity index (χ0) is 16.9. The second-order valence-electron chi connectivity index (χ2n) is 7.13. The average Bonchev–Trinajstić information content (AvgIpc) is 2.45. The topological polar surface area (TPSA) is 61.4 Å². The molecule has 1 aliphatic carbocycles. The van der Waals surface area contributed by atoms with Crippen LogP contribution in [0.25, 0.3) is 0 Å². The summed E-state index contributed by atoms with van der Waals surface area (Å²) in [5.74, 6) is 0.439. The number of amides is 2. The summed E-state index contributed by atoms with van der Waals surface area (Å²) in [4.78, 5) is 26.5. The maximum atomic E-state index is 12.2. The monoisotopic (exact) mass is 329 g/mol. The molecule has 2 N–H and O–H groups in total. The molecule has 2 amide bonds. The molecular formula is C19H27N3O2. The van der Waals surface area contributed by atoms with Crippen LogP contribution in [0.5, 0.6) is 0 Å². The summed E-state index contributed by atoms with van der Waals surface area (Å²) >= 11 is 0. The van der Waals surface area contributed by atoms with Crippen LogP contribution >= 0.6 is 0 Å². The van der Waals surface area contributed by atoms with E-state index in [0.717, 1.165) is 50.0 Å². The minimum atomic E-state index is 0.00608. The molecule has 2 fully saturated rings. The summed E-state index contributed by atoms with van der Waals surface area (Å²) in [5, 5.41) is 6.12. The molecule has 5 heteroatoms. The van der Waals surface area contributed by atoms with Gasteiger partial charge in [0.15, 0.2) is 0 Å². The van der Waals surface area contributed by atoms with Gasteiger partial charge < -0.3 is 10.6 Å². The standard InChI is InChI=1S/C19H27N3O2/c1-14-5-2-8-16(11-14)20-18(23)13-22-10-4-9-17(12-22)21-19(24)15-6-3-7-15/h2,5,8,11,15,17H,3-4,6-7,9-10,12-13H2,1H3,(H,20,23)(H,21,24). The highest BCUT2D eigenvalue weighted by molar-refractivity contribution is 5.92. The first-order valence-corrected chi connectivity index (χ1v) is 8.99. The molecule has 1 saturated heterocycles. The molecule has 130 valence electrons. The molecule has 1 heterocycles. The molecule has 1 aromatic rings.